The molecule has 0 saturated heterocycles. The molecule has 132 valence electrons. The lowest BCUT2D eigenvalue weighted by molar-refractivity contribution is -0.136. The van der Waals surface area contributed by atoms with E-state index in [2.05, 4.69) is 5.32 Å². The minimum atomic E-state index is -0.934. The van der Waals surface area contributed by atoms with Crippen LogP contribution in [0.2, 0.25) is 0 Å². The molecule has 1 saturated carbocycles. The Kier molecular flexibility index (Phi) is 4.93. The summed E-state index contributed by atoms with van der Waals surface area (Å²) in [5.74, 6) is -0.148. The van der Waals surface area contributed by atoms with Gasteiger partial charge in [0, 0.05) is 0 Å². The van der Waals surface area contributed by atoms with Crippen molar-refractivity contribution in [2.45, 2.75) is 50.7 Å². The van der Waals surface area contributed by atoms with Crippen molar-refractivity contribution in [3.05, 3.63) is 42.5 Å². The van der Waals surface area contributed by atoms with E-state index in [0.29, 0.717) is 18.6 Å². The average molecular weight is 340 g/mol. The monoisotopic (exact) mass is 340 g/mol. The SMILES string of the molecule is CC(Oc1ccc2ccccc2c1)C(=O)NC1(C(N)=O)CCCCC1. The maximum atomic E-state index is 12.5. The second kappa shape index (κ2) is 7.13. The summed E-state index contributed by atoms with van der Waals surface area (Å²) in [6.45, 7) is 1.68. The van der Waals surface area contributed by atoms with Gasteiger partial charge in [-0.05, 0) is 42.7 Å². The number of nitrogens with one attached hydrogen (secondary N) is 1. The molecule has 25 heavy (non-hydrogen) atoms. The molecule has 1 aliphatic carbocycles. The zero-order chi connectivity index (χ0) is 17.9. The Bertz CT molecular complexity index is 781. The van der Waals surface area contributed by atoms with Gasteiger partial charge in [-0.1, -0.05) is 49.6 Å². The molecule has 2 aromatic carbocycles. The maximum absolute atomic E-state index is 12.5. The zero-order valence-electron chi connectivity index (χ0n) is 14.5. The van der Waals surface area contributed by atoms with E-state index in [1.54, 1.807) is 6.92 Å². The molecule has 0 aromatic heterocycles. The van der Waals surface area contributed by atoms with E-state index in [1.165, 1.54) is 0 Å². The van der Waals surface area contributed by atoms with E-state index >= 15 is 0 Å². The summed E-state index contributed by atoms with van der Waals surface area (Å²) in [7, 11) is 0. The Balaban J connectivity index is 1.69. The quantitative estimate of drug-likeness (QED) is 0.878. The van der Waals surface area contributed by atoms with Crippen molar-refractivity contribution < 1.29 is 14.3 Å². The zero-order valence-corrected chi connectivity index (χ0v) is 14.5. The van der Waals surface area contributed by atoms with Crippen molar-refractivity contribution in [1.82, 2.24) is 5.32 Å². The summed E-state index contributed by atoms with van der Waals surface area (Å²) < 4.78 is 5.79. The molecule has 5 heteroatoms. The van der Waals surface area contributed by atoms with E-state index in [0.717, 1.165) is 30.0 Å². The first-order valence-corrected chi connectivity index (χ1v) is 8.78. The molecule has 1 fully saturated rings. The van der Waals surface area contributed by atoms with Gasteiger partial charge in [-0.3, -0.25) is 9.59 Å². The van der Waals surface area contributed by atoms with Crippen LogP contribution in [0.4, 0.5) is 0 Å². The number of benzene rings is 2. The lowest BCUT2D eigenvalue weighted by Crippen LogP contribution is -2.60. The minimum absolute atomic E-state index is 0.311. The Morgan fingerprint density at radius 3 is 2.44 bits per heavy atom. The van der Waals surface area contributed by atoms with E-state index in [-0.39, 0.29) is 5.91 Å². The molecule has 0 heterocycles. The van der Waals surface area contributed by atoms with Gasteiger partial charge < -0.3 is 15.8 Å². The highest BCUT2D eigenvalue weighted by Gasteiger charge is 2.40. The molecule has 0 radical (unpaired) electrons. The second-order valence-electron chi connectivity index (χ2n) is 6.77. The Labute approximate surface area is 147 Å². The highest BCUT2D eigenvalue weighted by atomic mass is 16.5. The number of primary amides is 1. The lowest BCUT2D eigenvalue weighted by Gasteiger charge is -2.35. The van der Waals surface area contributed by atoms with Crippen LogP contribution in [0.1, 0.15) is 39.0 Å². The molecule has 1 aliphatic rings. The van der Waals surface area contributed by atoms with Gasteiger partial charge in [0.15, 0.2) is 6.10 Å². The number of nitrogens with two attached hydrogens (primary N) is 1. The first-order valence-electron chi connectivity index (χ1n) is 8.78. The summed E-state index contributed by atoms with van der Waals surface area (Å²) in [6.07, 6.45) is 3.33. The third-order valence-electron chi connectivity index (χ3n) is 4.94. The molecule has 2 aromatic rings. The van der Waals surface area contributed by atoms with Gasteiger partial charge in [0.25, 0.3) is 5.91 Å². The highest BCUT2D eigenvalue weighted by Crippen LogP contribution is 2.28. The summed E-state index contributed by atoms with van der Waals surface area (Å²) in [6, 6.07) is 13.7. The Morgan fingerprint density at radius 2 is 1.76 bits per heavy atom. The van der Waals surface area contributed by atoms with E-state index < -0.39 is 17.6 Å². The first kappa shape index (κ1) is 17.3. The van der Waals surface area contributed by atoms with Crippen LogP contribution < -0.4 is 15.8 Å². The van der Waals surface area contributed by atoms with E-state index in [9.17, 15) is 9.59 Å². The van der Waals surface area contributed by atoms with Crippen molar-refractivity contribution in [3.8, 4) is 5.75 Å². The fourth-order valence-electron chi connectivity index (χ4n) is 3.42. The summed E-state index contributed by atoms with van der Waals surface area (Å²) in [5, 5.41) is 5.01. The average Bonchev–Trinajstić information content (AvgIpc) is 2.62. The van der Waals surface area contributed by atoms with Crippen LogP contribution >= 0.6 is 0 Å². The van der Waals surface area contributed by atoms with E-state index in [4.69, 9.17) is 10.5 Å². The summed E-state index contributed by atoms with van der Waals surface area (Å²) >= 11 is 0. The van der Waals surface area contributed by atoms with Crippen molar-refractivity contribution in [2.75, 3.05) is 0 Å². The molecule has 0 bridgehead atoms. The predicted molar refractivity (Wildman–Crippen MR) is 97.2 cm³/mol. The van der Waals surface area contributed by atoms with Crippen LogP contribution in [-0.4, -0.2) is 23.5 Å². The van der Waals surface area contributed by atoms with Gasteiger partial charge in [0.05, 0.1) is 0 Å². The first-order chi connectivity index (χ1) is 12.0. The molecular weight excluding hydrogens is 316 g/mol. The van der Waals surface area contributed by atoms with Gasteiger partial charge in [-0.15, -0.1) is 0 Å². The molecule has 2 amide bonds. The van der Waals surface area contributed by atoms with E-state index in [1.807, 2.05) is 42.5 Å². The maximum Gasteiger partial charge on any atom is 0.261 e. The van der Waals surface area contributed by atoms with Gasteiger partial charge in [0.1, 0.15) is 11.3 Å². The fraction of sp³-hybridized carbons (Fsp3) is 0.400. The number of hydrogen-bond donors (Lipinski definition) is 2. The van der Waals surface area contributed by atoms with Crippen LogP contribution in [0.5, 0.6) is 5.75 Å². The topological polar surface area (TPSA) is 81.4 Å². The third-order valence-corrected chi connectivity index (χ3v) is 4.94. The number of hydrogen-bond acceptors (Lipinski definition) is 3. The smallest absolute Gasteiger partial charge is 0.261 e. The Morgan fingerprint density at radius 1 is 1.08 bits per heavy atom. The molecule has 5 nitrogen and oxygen atoms in total. The van der Waals surface area contributed by atoms with Crippen molar-refractivity contribution in [3.63, 3.8) is 0 Å². The molecule has 1 atom stereocenters. The molecule has 1 unspecified atom stereocenters. The normalized spacial score (nSPS) is 17.6. The molecule has 3 rings (SSSR count). The standard InChI is InChI=1S/C20H24N2O3/c1-14(18(23)22-20(19(21)24)11-5-2-6-12-20)25-17-10-9-15-7-3-4-8-16(15)13-17/h3-4,7-10,13-14H,2,5-6,11-12H2,1H3,(H2,21,24)(H,22,23). The third kappa shape index (κ3) is 3.76. The summed E-state index contributed by atoms with van der Waals surface area (Å²) in [4.78, 5) is 24.5. The number of carbonyl (C=O) groups is 2. The van der Waals surface area contributed by atoms with Gasteiger partial charge in [-0.25, -0.2) is 0 Å². The Hall–Kier alpha value is -2.56. The van der Waals surface area contributed by atoms with Crippen LogP contribution in [0, 0.1) is 0 Å². The molecule has 0 aliphatic heterocycles. The van der Waals surface area contributed by atoms with Crippen molar-refractivity contribution in [1.29, 1.82) is 0 Å². The number of ether oxygens (including phenoxy) is 1. The molecule has 0 spiro atoms. The number of amides is 2. The van der Waals surface area contributed by atoms with Crippen LogP contribution in [0.3, 0.4) is 0 Å². The van der Waals surface area contributed by atoms with Crippen LogP contribution in [0.15, 0.2) is 42.5 Å². The highest BCUT2D eigenvalue weighted by molar-refractivity contribution is 5.92. The van der Waals surface area contributed by atoms with Crippen LogP contribution in [-0.2, 0) is 9.59 Å². The molecular formula is C20H24N2O3. The number of carbonyl (C=O) groups excluding carboxylic acids is 2. The number of fused-ring (bicyclic) bond motifs is 1. The fourth-order valence-corrected chi connectivity index (χ4v) is 3.42. The van der Waals surface area contributed by atoms with Gasteiger partial charge in [0.2, 0.25) is 5.91 Å². The predicted octanol–water partition coefficient (Wildman–Crippen LogP) is 2.91. The van der Waals surface area contributed by atoms with Crippen LogP contribution in [0.25, 0.3) is 10.8 Å². The molecule has 3 N–H and O–H groups in total. The second-order valence-corrected chi connectivity index (χ2v) is 6.77. The van der Waals surface area contributed by atoms with Crippen molar-refractivity contribution in [2.24, 2.45) is 5.73 Å². The summed E-state index contributed by atoms with van der Waals surface area (Å²) in [5.41, 5.74) is 4.64. The lowest BCUT2D eigenvalue weighted by atomic mass is 9.81. The van der Waals surface area contributed by atoms with Gasteiger partial charge >= 0.3 is 0 Å². The number of rotatable bonds is 5. The van der Waals surface area contributed by atoms with Crippen molar-refractivity contribution >= 4 is 22.6 Å². The minimum Gasteiger partial charge on any atom is -0.481 e. The van der Waals surface area contributed by atoms with Gasteiger partial charge in [-0.2, -0.15) is 0 Å². The largest absolute Gasteiger partial charge is 0.481 e.